The van der Waals surface area contributed by atoms with Gasteiger partial charge in [-0.1, -0.05) is 19.4 Å². The molecule has 24 heavy (non-hydrogen) atoms. The number of amides is 1. The van der Waals surface area contributed by atoms with Gasteiger partial charge >= 0.3 is 0 Å². The molecular formula is C21H31NO2. The molecule has 4 aliphatic carbocycles. The first kappa shape index (κ1) is 16.4. The Balaban J connectivity index is 1.62. The van der Waals surface area contributed by atoms with Crippen LogP contribution >= 0.6 is 0 Å². The summed E-state index contributed by atoms with van der Waals surface area (Å²) in [4.78, 5) is 23.5. The number of hydrogen-bond donors (Lipinski definition) is 1. The third-order valence-electron chi connectivity index (χ3n) is 8.34. The Morgan fingerprint density at radius 2 is 1.88 bits per heavy atom. The van der Waals surface area contributed by atoms with Gasteiger partial charge in [-0.2, -0.15) is 0 Å². The van der Waals surface area contributed by atoms with Crippen LogP contribution in [0.15, 0.2) is 11.6 Å². The molecule has 0 radical (unpaired) electrons. The van der Waals surface area contributed by atoms with Crippen LogP contribution in [0.25, 0.3) is 0 Å². The minimum atomic E-state index is 0.121. The summed E-state index contributed by atoms with van der Waals surface area (Å²) in [5.74, 6) is 2.71. The van der Waals surface area contributed by atoms with E-state index in [9.17, 15) is 9.59 Å². The van der Waals surface area contributed by atoms with Crippen LogP contribution in [0, 0.1) is 28.6 Å². The number of ketones is 1. The average Bonchev–Trinajstić information content (AvgIpc) is 2.84. The highest BCUT2D eigenvalue weighted by Crippen LogP contribution is 2.65. The first-order chi connectivity index (χ1) is 11.3. The number of hydrogen-bond acceptors (Lipinski definition) is 2. The Morgan fingerprint density at radius 3 is 2.62 bits per heavy atom. The fourth-order valence-corrected chi connectivity index (χ4v) is 7.04. The molecule has 132 valence electrons. The minimum Gasteiger partial charge on any atom is -0.353 e. The summed E-state index contributed by atoms with van der Waals surface area (Å²) in [6.07, 6.45) is 11.0. The van der Waals surface area contributed by atoms with Crippen molar-refractivity contribution >= 4 is 11.7 Å². The maximum Gasteiger partial charge on any atom is 0.217 e. The molecule has 3 saturated carbocycles. The molecule has 1 N–H and O–H groups in total. The van der Waals surface area contributed by atoms with Gasteiger partial charge in [-0.3, -0.25) is 9.59 Å². The maximum atomic E-state index is 11.9. The van der Waals surface area contributed by atoms with Crippen molar-refractivity contribution < 1.29 is 9.59 Å². The largest absolute Gasteiger partial charge is 0.353 e. The summed E-state index contributed by atoms with van der Waals surface area (Å²) < 4.78 is 0. The Kier molecular flexibility index (Phi) is 3.71. The van der Waals surface area contributed by atoms with Gasteiger partial charge in [0.1, 0.15) is 0 Å². The van der Waals surface area contributed by atoms with E-state index in [-0.39, 0.29) is 16.7 Å². The molecule has 0 aromatic rings. The molecule has 0 heterocycles. The second-order valence-corrected chi connectivity index (χ2v) is 9.34. The number of carbonyl (C=O) groups is 2. The summed E-state index contributed by atoms with van der Waals surface area (Å²) in [7, 11) is 0. The van der Waals surface area contributed by atoms with Crippen LogP contribution in [0.5, 0.6) is 0 Å². The van der Waals surface area contributed by atoms with Crippen LogP contribution in [0.1, 0.15) is 72.1 Å². The molecule has 4 rings (SSSR count). The van der Waals surface area contributed by atoms with Crippen LogP contribution in [0.3, 0.4) is 0 Å². The van der Waals surface area contributed by atoms with Crippen molar-refractivity contribution in [3.63, 3.8) is 0 Å². The van der Waals surface area contributed by atoms with Crippen LogP contribution in [-0.4, -0.2) is 17.7 Å². The molecule has 0 aliphatic heterocycles. The lowest BCUT2D eigenvalue weighted by molar-refractivity contribution is -0.121. The Hall–Kier alpha value is -1.12. The second kappa shape index (κ2) is 5.44. The van der Waals surface area contributed by atoms with Gasteiger partial charge in [0, 0.05) is 19.4 Å². The van der Waals surface area contributed by atoms with E-state index >= 15 is 0 Å². The monoisotopic (exact) mass is 329 g/mol. The molecule has 0 unspecified atom stereocenters. The minimum absolute atomic E-state index is 0.121. The Labute approximate surface area is 145 Å². The van der Waals surface area contributed by atoms with Gasteiger partial charge in [-0.15, -0.1) is 0 Å². The molecule has 3 fully saturated rings. The van der Waals surface area contributed by atoms with E-state index in [1.54, 1.807) is 6.92 Å². The predicted octanol–water partition coefficient (Wildman–Crippen LogP) is 4.02. The van der Waals surface area contributed by atoms with Crippen LogP contribution in [0.2, 0.25) is 0 Å². The van der Waals surface area contributed by atoms with Gasteiger partial charge in [-0.05, 0) is 79.6 Å². The van der Waals surface area contributed by atoms with Crippen molar-refractivity contribution in [3.05, 3.63) is 11.6 Å². The summed E-state index contributed by atoms with van der Waals surface area (Å²) in [6, 6.07) is 0.360. The summed E-state index contributed by atoms with van der Waals surface area (Å²) in [6.45, 7) is 6.52. The molecule has 0 aromatic carbocycles. The first-order valence-corrected chi connectivity index (χ1v) is 9.85. The van der Waals surface area contributed by atoms with Crippen LogP contribution < -0.4 is 5.32 Å². The average molecular weight is 329 g/mol. The van der Waals surface area contributed by atoms with E-state index < -0.39 is 0 Å². The van der Waals surface area contributed by atoms with Crippen LogP contribution in [0.4, 0.5) is 0 Å². The molecule has 6 atom stereocenters. The number of fused-ring (bicyclic) bond motifs is 5. The first-order valence-electron chi connectivity index (χ1n) is 9.85. The highest BCUT2D eigenvalue weighted by Gasteiger charge is 2.59. The topological polar surface area (TPSA) is 46.2 Å². The van der Waals surface area contributed by atoms with Crippen molar-refractivity contribution in [2.75, 3.05) is 0 Å². The lowest BCUT2D eigenvalue weighted by atomic mass is 9.47. The molecule has 4 aliphatic rings. The smallest absolute Gasteiger partial charge is 0.217 e. The third-order valence-corrected chi connectivity index (χ3v) is 8.34. The van der Waals surface area contributed by atoms with Crippen molar-refractivity contribution in [2.24, 2.45) is 28.6 Å². The van der Waals surface area contributed by atoms with Gasteiger partial charge in [-0.25, -0.2) is 0 Å². The summed E-state index contributed by atoms with van der Waals surface area (Å²) in [5, 5.41) is 3.25. The molecule has 0 bridgehead atoms. The van der Waals surface area contributed by atoms with E-state index in [0.717, 1.165) is 43.4 Å². The fraction of sp³-hybridized carbons (Fsp3) is 0.810. The molecule has 3 heteroatoms. The zero-order chi connectivity index (χ0) is 17.1. The Bertz CT molecular complexity index is 609. The van der Waals surface area contributed by atoms with Gasteiger partial charge in [0.15, 0.2) is 5.78 Å². The Morgan fingerprint density at radius 1 is 1.08 bits per heavy atom. The van der Waals surface area contributed by atoms with Gasteiger partial charge < -0.3 is 5.32 Å². The highest BCUT2D eigenvalue weighted by atomic mass is 16.1. The third kappa shape index (κ3) is 2.23. The molecular weight excluding hydrogens is 298 g/mol. The molecule has 3 nitrogen and oxygen atoms in total. The van der Waals surface area contributed by atoms with Crippen molar-refractivity contribution in [3.8, 4) is 0 Å². The van der Waals surface area contributed by atoms with E-state index in [4.69, 9.17) is 0 Å². The quantitative estimate of drug-likeness (QED) is 0.789. The predicted molar refractivity (Wildman–Crippen MR) is 94.3 cm³/mol. The van der Waals surface area contributed by atoms with Gasteiger partial charge in [0.2, 0.25) is 5.91 Å². The lowest BCUT2D eigenvalue weighted by Gasteiger charge is -2.58. The van der Waals surface area contributed by atoms with Gasteiger partial charge in [0.25, 0.3) is 0 Å². The highest BCUT2D eigenvalue weighted by molar-refractivity contribution is 5.91. The van der Waals surface area contributed by atoms with Crippen molar-refractivity contribution in [1.29, 1.82) is 0 Å². The lowest BCUT2D eigenvalue weighted by Crippen LogP contribution is -2.53. The fourth-order valence-electron chi connectivity index (χ4n) is 7.04. The standard InChI is InChI=1S/C21H31NO2/c1-13(23)22-19-7-6-17-16-5-4-14-12-15(24)8-10-20(14,2)18(16)9-11-21(17,19)3/h12,16-19H,4-11H2,1-3H3,(H,22,23)/t16-,17-,18-,19-,20-,21-/m0/s1. The zero-order valence-electron chi connectivity index (χ0n) is 15.4. The number of rotatable bonds is 1. The second-order valence-electron chi connectivity index (χ2n) is 9.34. The number of carbonyl (C=O) groups excluding carboxylic acids is 2. The van der Waals surface area contributed by atoms with Gasteiger partial charge in [0.05, 0.1) is 0 Å². The molecule has 0 aromatic heterocycles. The number of nitrogens with one attached hydrogen (secondary N) is 1. The number of allylic oxidation sites excluding steroid dienone is 1. The summed E-state index contributed by atoms with van der Waals surface area (Å²) >= 11 is 0. The maximum absolute atomic E-state index is 11.9. The SMILES string of the molecule is CC(=O)N[C@H]1CC[C@H]2[C@@H]3CCC4=CC(=O)CC[C@]4(C)[C@H]3CC[C@]12C. The molecule has 1 amide bonds. The van der Waals surface area contributed by atoms with E-state index in [2.05, 4.69) is 19.2 Å². The van der Waals surface area contributed by atoms with Crippen LogP contribution in [-0.2, 0) is 9.59 Å². The molecule has 0 spiro atoms. The normalized spacial score (nSPS) is 47.3. The summed E-state index contributed by atoms with van der Waals surface area (Å²) in [5.41, 5.74) is 1.97. The molecule has 0 saturated heterocycles. The van der Waals surface area contributed by atoms with E-state index in [0.29, 0.717) is 11.8 Å². The van der Waals surface area contributed by atoms with Crippen molar-refractivity contribution in [2.45, 2.75) is 78.2 Å². The van der Waals surface area contributed by atoms with Crippen molar-refractivity contribution in [1.82, 2.24) is 5.32 Å². The van der Waals surface area contributed by atoms with E-state index in [1.807, 2.05) is 6.08 Å². The van der Waals surface area contributed by atoms with E-state index in [1.165, 1.54) is 31.3 Å². The zero-order valence-corrected chi connectivity index (χ0v) is 15.4.